The van der Waals surface area contributed by atoms with Crippen LogP contribution < -0.4 is 10.6 Å². The van der Waals surface area contributed by atoms with Crippen LogP contribution in [-0.4, -0.2) is 39.4 Å². The van der Waals surface area contributed by atoms with Crippen LogP contribution >= 0.6 is 11.6 Å². The predicted molar refractivity (Wildman–Crippen MR) is 104 cm³/mol. The molecule has 2 heterocycles. The average Bonchev–Trinajstić information content (AvgIpc) is 3.13. The third-order valence-corrected chi connectivity index (χ3v) is 3.97. The molecule has 0 radical (unpaired) electrons. The molecule has 0 aliphatic carbocycles. The summed E-state index contributed by atoms with van der Waals surface area (Å²) in [5.41, 5.74) is 2.53. The molecule has 3 rings (SSSR count). The number of rotatable bonds is 6. The van der Waals surface area contributed by atoms with Crippen LogP contribution in [0.1, 0.15) is 23.0 Å². The molecule has 3 aromatic rings. The second-order valence-electron chi connectivity index (χ2n) is 5.65. The first-order valence-electron chi connectivity index (χ1n) is 8.32. The molecule has 0 spiro atoms. The van der Waals surface area contributed by atoms with Crippen LogP contribution in [0.15, 0.2) is 36.7 Å². The topological polar surface area (TPSA) is 94.0 Å². The monoisotopic (exact) mass is 386 g/mol. The molecule has 0 fully saturated rings. The molecule has 1 aromatic carbocycles. The van der Waals surface area contributed by atoms with E-state index in [0.29, 0.717) is 34.6 Å². The molecular weight excluding hydrogens is 368 g/mol. The summed E-state index contributed by atoms with van der Waals surface area (Å²) >= 11 is 6.31. The Morgan fingerprint density at radius 1 is 1.30 bits per heavy atom. The van der Waals surface area contributed by atoms with Gasteiger partial charge in [0.1, 0.15) is 5.82 Å². The highest BCUT2D eigenvalue weighted by Crippen LogP contribution is 2.26. The minimum Gasteiger partial charge on any atom is -0.462 e. The van der Waals surface area contributed by atoms with Crippen LogP contribution in [0.3, 0.4) is 0 Å². The summed E-state index contributed by atoms with van der Waals surface area (Å²) < 4.78 is 6.51. The van der Waals surface area contributed by atoms with E-state index in [1.807, 2.05) is 19.1 Å². The fraction of sp³-hybridized carbons (Fsp3) is 0.222. The van der Waals surface area contributed by atoms with Crippen molar-refractivity contribution in [2.75, 3.05) is 24.3 Å². The maximum Gasteiger partial charge on any atom is 0.341 e. The van der Waals surface area contributed by atoms with Gasteiger partial charge in [0.05, 0.1) is 29.1 Å². The second-order valence-corrected chi connectivity index (χ2v) is 6.06. The van der Waals surface area contributed by atoms with E-state index >= 15 is 0 Å². The third kappa shape index (κ3) is 4.35. The van der Waals surface area contributed by atoms with Crippen molar-refractivity contribution in [2.45, 2.75) is 13.8 Å². The molecule has 0 bridgehead atoms. The van der Waals surface area contributed by atoms with Crippen molar-refractivity contribution in [3.8, 4) is 5.69 Å². The predicted octanol–water partition coefficient (Wildman–Crippen LogP) is 3.59. The van der Waals surface area contributed by atoms with Gasteiger partial charge in [-0.05, 0) is 32.0 Å². The highest BCUT2D eigenvalue weighted by molar-refractivity contribution is 6.32. The minimum atomic E-state index is -0.429. The number of anilines is 3. The quantitative estimate of drug-likeness (QED) is 0.625. The Morgan fingerprint density at radius 2 is 2.11 bits per heavy atom. The molecule has 0 unspecified atom stereocenters. The molecule has 0 aliphatic heterocycles. The molecule has 8 nitrogen and oxygen atoms in total. The van der Waals surface area contributed by atoms with Gasteiger partial charge >= 0.3 is 5.97 Å². The molecular formula is C18H19ClN6O2. The number of carbonyl (C=O) groups is 1. The molecule has 0 aliphatic rings. The number of halogens is 1. The zero-order chi connectivity index (χ0) is 19.4. The summed E-state index contributed by atoms with van der Waals surface area (Å²) in [4.78, 5) is 20.6. The molecule has 27 heavy (non-hydrogen) atoms. The largest absolute Gasteiger partial charge is 0.462 e. The Labute approximate surface area is 161 Å². The van der Waals surface area contributed by atoms with Gasteiger partial charge in [-0.3, -0.25) is 0 Å². The van der Waals surface area contributed by atoms with Crippen LogP contribution in [0.25, 0.3) is 5.69 Å². The van der Waals surface area contributed by atoms with E-state index in [9.17, 15) is 4.79 Å². The number of hydrogen-bond acceptors (Lipinski definition) is 7. The maximum absolute atomic E-state index is 11.8. The van der Waals surface area contributed by atoms with Gasteiger partial charge in [0.25, 0.3) is 0 Å². The van der Waals surface area contributed by atoms with Crippen LogP contribution in [0.4, 0.5) is 17.5 Å². The number of carbonyl (C=O) groups excluding carboxylic acids is 1. The van der Waals surface area contributed by atoms with Crippen molar-refractivity contribution in [1.29, 1.82) is 0 Å². The summed E-state index contributed by atoms with van der Waals surface area (Å²) in [7, 11) is 1.80. The number of ether oxygens (including phenoxy) is 1. The van der Waals surface area contributed by atoms with Gasteiger partial charge in [-0.2, -0.15) is 10.1 Å². The smallest absolute Gasteiger partial charge is 0.341 e. The third-order valence-electron chi connectivity index (χ3n) is 3.65. The summed E-state index contributed by atoms with van der Waals surface area (Å²) in [6.45, 7) is 3.94. The fourth-order valence-corrected chi connectivity index (χ4v) is 2.63. The molecule has 2 aromatic heterocycles. The average molecular weight is 387 g/mol. The molecule has 0 amide bonds. The highest BCUT2D eigenvalue weighted by Gasteiger charge is 2.13. The number of nitrogens with one attached hydrogen (secondary N) is 2. The van der Waals surface area contributed by atoms with Crippen molar-refractivity contribution >= 4 is 35.0 Å². The Morgan fingerprint density at radius 3 is 2.85 bits per heavy atom. The number of hydrogen-bond donors (Lipinski definition) is 2. The number of nitrogens with zero attached hydrogens (tertiary/aromatic N) is 4. The molecule has 2 N–H and O–H groups in total. The van der Waals surface area contributed by atoms with Crippen LogP contribution in [-0.2, 0) is 4.74 Å². The SMILES string of the molecule is CCOC(=O)c1cnn(-c2cc(Nc3nc(C)cc(NC)n3)ccc2Cl)c1. The lowest BCUT2D eigenvalue weighted by molar-refractivity contribution is 0.0526. The van der Waals surface area contributed by atoms with Gasteiger partial charge in [0.2, 0.25) is 5.95 Å². The minimum absolute atomic E-state index is 0.301. The van der Waals surface area contributed by atoms with Crippen LogP contribution in [0.5, 0.6) is 0 Å². The molecule has 0 saturated carbocycles. The van der Waals surface area contributed by atoms with Crippen LogP contribution in [0, 0.1) is 6.92 Å². The molecule has 140 valence electrons. The highest BCUT2D eigenvalue weighted by atomic mass is 35.5. The van der Waals surface area contributed by atoms with E-state index in [-0.39, 0.29) is 0 Å². The lowest BCUT2D eigenvalue weighted by Crippen LogP contribution is -2.04. The maximum atomic E-state index is 11.8. The molecule has 9 heteroatoms. The van der Waals surface area contributed by atoms with Gasteiger partial charge in [0, 0.05) is 30.7 Å². The van der Waals surface area contributed by atoms with E-state index in [4.69, 9.17) is 16.3 Å². The second kappa shape index (κ2) is 8.05. The first kappa shape index (κ1) is 18.7. The Bertz CT molecular complexity index is 972. The molecule has 0 atom stereocenters. The normalized spacial score (nSPS) is 10.5. The van der Waals surface area contributed by atoms with Crippen molar-refractivity contribution in [3.05, 3.63) is 52.9 Å². The first-order chi connectivity index (χ1) is 13.0. The van der Waals surface area contributed by atoms with Gasteiger partial charge in [0.15, 0.2) is 0 Å². The van der Waals surface area contributed by atoms with Crippen molar-refractivity contribution in [2.24, 2.45) is 0 Å². The zero-order valence-corrected chi connectivity index (χ0v) is 15.9. The Hall–Kier alpha value is -3.13. The summed E-state index contributed by atoms with van der Waals surface area (Å²) in [5, 5.41) is 10.8. The lowest BCUT2D eigenvalue weighted by atomic mass is 10.2. The first-order valence-corrected chi connectivity index (χ1v) is 8.70. The van der Waals surface area contributed by atoms with E-state index in [1.165, 1.54) is 10.9 Å². The van der Waals surface area contributed by atoms with E-state index in [2.05, 4.69) is 25.7 Å². The van der Waals surface area contributed by atoms with Gasteiger partial charge in [-0.25, -0.2) is 14.5 Å². The fourth-order valence-electron chi connectivity index (χ4n) is 2.42. The van der Waals surface area contributed by atoms with Gasteiger partial charge in [-0.15, -0.1) is 0 Å². The van der Waals surface area contributed by atoms with Gasteiger partial charge < -0.3 is 15.4 Å². The number of aryl methyl sites for hydroxylation is 1. The number of esters is 1. The van der Waals surface area contributed by atoms with Crippen molar-refractivity contribution in [1.82, 2.24) is 19.7 Å². The van der Waals surface area contributed by atoms with E-state index in [1.54, 1.807) is 32.3 Å². The van der Waals surface area contributed by atoms with Crippen molar-refractivity contribution < 1.29 is 9.53 Å². The number of benzene rings is 1. The Balaban J connectivity index is 1.89. The van der Waals surface area contributed by atoms with Crippen LogP contribution in [0.2, 0.25) is 5.02 Å². The van der Waals surface area contributed by atoms with Crippen molar-refractivity contribution in [3.63, 3.8) is 0 Å². The van der Waals surface area contributed by atoms with E-state index in [0.717, 1.165) is 11.4 Å². The van der Waals surface area contributed by atoms with Gasteiger partial charge in [-0.1, -0.05) is 11.6 Å². The molecule has 0 saturated heterocycles. The number of aromatic nitrogens is 4. The summed E-state index contributed by atoms with van der Waals surface area (Å²) in [5.74, 6) is 0.743. The summed E-state index contributed by atoms with van der Waals surface area (Å²) in [6.07, 6.45) is 3.02. The van der Waals surface area contributed by atoms with E-state index < -0.39 is 5.97 Å². The standard InChI is InChI=1S/C18H19ClN6O2/c1-4-27-17(26)12-9-21-25(10-12)15-8-13(5-6-14(15)19)23-18-22-11(2)7-16(20-3)24-18/h5-10H,4H2,1-3H3,(H2,20,22,23,24). The summed E-state index contributed by atoms with van der Waals surface area (Å²) in [6, 6.07) is 7.19. The lowest BCUT2D eigenvalue weighted by Gasteiger charge is -2.10. The zero-order valence-electron chi connectivity index (χ0n) is 15.2. The Kier molecular flexibility index (Phi) is 5.56.